The van der Waals surface area contributed by atoms with Gasteiger partial charge in [0.05, 0.1) is 18.8 Å². The fraction of sp³-hybridized carbons (Fsp3) is 0.182. The Bertz CT molecular complexity index is 1230. The Hall–Kier alpha value is -3.32. The molecule has 0 radical (unpaired) electrons. The normalized spacial score (nSPS) is 13.8. The van der Waals surface area contributed by atoms with E-state index in [0.717, 1.165) is 22.1 Å². The van der Waals surface area contributed by atoms with Crippen LogP contribution in [-0.2, 0) is 6.54 Å². The van der Waals surface area contributed by atoms with Crippen LogP contribution in [0.4, 0.5) is 0 Å². The summed E-state index contributed by atoms with van der Waals surface area (Å²) in [6, 6.07) is 13.5. The standard InChI is InChI=1S/C22H18N2O4S/c1-13-8-19(28-23-13)22(26)24-6-7-27-21-15(11-24)9-14(10-18(21)25)17-12-29-20-5-3-2-4-16(17)20/h2-5,8-10,12,25H,6-7,11H2,1H3. The van der Waals surface area contributed by atoms with Gasteiger partial charge in [0, 0.05) is 27.3 Å². The molecule has 5 rings (SSSR count). The first-order chi connectivity index (χ1) is 14.1. The van der Waals surface area contributed by atoms with Crippen LogP contribution in [0.5, 0.6) is 11.5 Å². The molecule has 0 aliphatic carbocycles. The number of aryl methyl sites for hydroxylation is 1. The summed E-state index contributed by atoms with van der Waals surface area (Å²) in [5.74, 6) is 0.470. The number of fused-ring (bicyclic) bond motifs is 2. The highest BCUT2D eigenvalue weighted by atomic mass is 32.1. The molecular formula is C22H18N2O4S. The molecule has 6 nitrogen and oxygen atoms in total. The minimum atomic E-state index is -0.243. The quantitative estimate of drug-likeness (QED) is 0.526. The number of aromatic nitrogens is 1. The number of amides is 1. The lowest BCUT2D eigenvalue weighted by Gasteiger charge is -2.18. The van der Waals surface area contributed by atoms with Crippen molar-refractivity contribution in [3.05, 3.63) is 64.9 Å². The molecule has 1 N–H and O–H groups in total. The third-order valence-corrected chi connectivity index (χ3v) is 6.00. The van der Waals surface area contributed by atoms with Gasteiger partial charge in [-0.25, -0.2) is 0 Å². The number of carbonyl (C=O) groups excluding carboxylic acids is 1. The van der Waals surface area contributed by atoms with Gasteiger partial charge in [-0.2, -0.15) is 0 Å². The first-order valence-corrected chi connectivity index (χ1v) is 10.2. The van der Waals surface area contributed by atoms with Crippen LogP contribution in [0.15, 0.2) is 52.4 Å². The number of benzene rings is 2. The summed E-state index contributed by atoms with van der Waals surface area (Å²) in [7, 11) is 0. The van der Waals surface area contributed by atoms with Crippen molar-refractivity contribution >= 4 is 27.3 Å². The molecule has 0 unspecified atom stereocenters. The van der Waals surface area contributed by atoms with E-state index in [0.29, 0.717) is 31.1 Å². The predicted octanol–water partition coefficient (Wildman–Crippen LogP) is 4.61. The van der Waals surface area contributed by atoms with Gasteiger partial charge in [-0.15, -0.1) is 11.3 Å². The zero-order valence-corrected chi connectivity index (χ0v) is 16.5. The van der Waals surface area contributed by atoms with Crippen molar-refractivity contribution in [1.29, 1.82) is 0 Å². The van der Waals surface area contributed by atoms with E-state index in [-0.39, 0.29) is 17.4 Å². The molecule has 146 valence electrons. The van der Waals surface area contributed by atoms with Crippen molar-refractivity contribution in [3.63, 3.8) is 0 Å². The molecule has 4 aromatic rings. The molecule has 0 saturated heterocycles. The van der Waals surface area contributed by atoms with Gasteiger partial charge < -0.3 is 19.3 Å². The van der Waals surface area contributed by atoms with Crippen molar-refractivity contribution < 1.29 is 19.2 Å². The lowest BCUT2D eigenvalue weighted by molar-refractivity contribution is 0.0691. The number of hydrogen-bond donors (Lipinski definition) is 1. The highest BCUT2D eigenvalue weighted by Crippen LogP contribution is 2.41. The van der Waals surface area contributed by atoms with Crippen molar-refractivity contribution in [2.45, 2.75) is 13.5 Å². The number of hydrogen-bond acceptors (Lipinski definition) is 6. The molecular weight excluding hydrogens is 388 g/mol. The van der Waals surface area contributed by atoms with Gasteiger partial charge in [-0.3, -0.25) is 4.79 Å². The van der Waals surface area contributed by atoms with Crippen LogP contribution >= 0.6 is 11.3 Å². The van der Waals surface area contributed by atoms with Crippen LogP contribution < -0.4 is 4.74 Å². The first-order valence-electron chi connectivity index (χ1n) is 9.28. The second kappa shape index (κ2) is 6.93. The molecule has 1 amide bonds. The Balaban J connectivity index is 1.54. The average molecular weight is 406 g/mol. The topological polar surface area (TPSA) is 75.8 Å². The highest BCUT2D eigenvalue weighted by Gasteiger charge is 2.26. The Morgan fingerprint density at radius 1 is 1.24 bits per heavy atom. The number of phenolic OH excluding ortho intramolecular Hbond substituents is 1. The Labute approximate surface area is 170 Å². The van der Waals surface area contributed by atoms with E-state index in [1.165, 1.54) is 4.70 Å². The van der Waals surface area contributed by atoms with Gasteiger partial charge in [-0.1, -0.05) is 23.4 Å². The molecule has 29 heavy (non-hydrogen) atoms. The molecule has 0 fully saturated rings. The number of aromatic hydroxyl groups is 1. The maximum atomic E-state index is 12.8. The molecule has 0 spiro atoms. The van der Waals surface area contributed by atoms with Crippen LogP contribution in [-0.4, -0.2) is 34.2 Å². The van der Waals surface area contributed by atoms with E-state index in [2.05, 4.69) is 22.7 Å². The maximum absolute atomic E-state index is 12.8. The molecule has 0 saturated carbocycles. The smallest absolute Gasteiger partial charge is 0.292 e. The van der Waals surface area contributed by atoms with Crippen molar-refractivity contribution in [2.24, 2.45) is 0 Å². The van der Waals surface area contributed by atoms with Crippen molar-refractivity contribution in [3.8, 4) is 22.6 Å². The molecule has 2 aromatic heterocycles. The van der Waals surface area contributed by atoms with Crippen LogP contribution in [0.1, 0.15) is 21.8 Å². The SMILES string of the molecule is Cc1cc(C(=O)N2CCOc3c(O)cc(-c4csc5ccccc45)cc3C2)on1. The summed E-state index contributed by atoms with van der Waals surface area (Å²) in [5, 5.41) is 17.6. The summed E-state index contributed by atoms with van der Waals surface area (Å²) < 4.78 is 12.1. The third kappa shape index (κ3) is 3.13. The molecule has 0 atom stereocenters. The average Bonchev–Trinajstić information content (AvgIpc) is 3.28. The van der Waals surface area contributed by atoms with E-state index < -0.39 is 0 Å². The predicted molar refractivity (Wildman–Crippen MR) is 110 cm³/mol. The van der Waals surface area contributed by atoms with Crippen LogP contribution in [0.3, 0.4) is 0 Å². The van der Waals surface area contributed by atoms with E-state index >= 15 is 0 Å². The molecule has 1 aliphatic rings. The summed E-state index contributed by atoms with van der Waals surface area (Å²) >= 11 is 1.66. The number of nitrogens with zero attached hydrogens (tertiary/aromatic N) is 2. The molecule has 3 heterocycles. The number of carbonyl (C=O) groups is 1. The van der Waals surface area contributed by atoms with Gasteiger partial charge in [0.2, 0.25) is 5.76 Å². The Morgan fingerprint density at radius 3 is 2.93 bits per heavy atom. The van der Waals surface area contributed by atoms with E-state index in [1.54, 1.807) is 35.3 Å². The van der Waals surface area contributed by atoms with Crippen LogP contribution in [0.25, 0.3) is 21.2 Å². The van der Waals surface area contributed by atoms with Gasteiger partial charge in [-0.05, 0) is 36.1 Å². The van der Waals surface area contributed by atoms with Gasteiger partial charge in [0.15, 0.2) is 11.5 Å². The summed E-state index contributed by atoms with van der Waals surface area (Å²) in [5.41, 5.74) is 3.37. The van der Waals surface area contributed by atoms with Gasteiger partial charge in [0.25, 0.3) is 5.91 Å². The summed E-state index contributed by atoms with van der Waals surface area (Å²) in [6.07, 6.45) is 0. The van der Waals surface area contributed by atoms with E-state index in [9.17, 15) is 9.90 Å². The Kier molecular flexibility index (Phi) is 4.24. The minimum absolute atomic E-state index is 0.0811. The summed E-state index contributed by atoms with van der Waals surface area (Å²) in [6.45, 7) is 2.78. The van der Waals surface area contributed by atoms with E-state index in [4.69, 9.17) is 9.26 Å². The molecule has 0 bridgehead atoms. The van der Waals surface area contributed by atoms with Gasteiger partial charge >= 0.3 is 0 Å². The lowest BCUT2D eigenvalue weighted by Crippen LogP contribution is -2.32. The van der Waals surface area contributed by atoms with Crippen molar-refractivity contribution in [1.82, 2.24) is 10.1 Å². The molecule has 2 aromatic carbocycles. The molecule has 1 aliphatic heterocycles. The number of phenols is 1. The second-order valence-corrected chi connectivity index (χ2v) is 7.95. The van der Waals surface area contributed by atoms with Crippen molar-refractivity contribution in [2.75, 3.05) is 13.2 Å². The highest BCUT2D eigenvalue weighted by molar-refractivity contribution is 7.17. The number of thiophene rings is 1. The largest absolute Gasteiger partial charge is 0.504 e. The number of rotatable bonds is 2. The lowest BCUT2D eigenvalue weighted by atomic mass is 10.0. The fourth-order valence-electron chi connectivity index (χ4n) is 3.65. The second-order valence-electron chi connectivity index (χ2n) is 7.04. The Morgan fingerprint density at radius 2 is 2.10 bits per heavy atom. The first kappa shape index (κ1) is 17.8. The van der Waals surface area contributed by atoms with Crippen LogP contribution in [0.2, 0.25) is 0 Å². The third-order valence-electron chi connectivity index (χ3n) is 5.03. The zero-order valence-electron chi connectivity index (χ0n) is 15.7. The number of ether oxygens (including phenoxy) is 1. The monoisotopic (exact) mass is 406 g/mol. The maximum Gasteiger partial charge on any atom is 0.292 e. The summed E-state index contributed by atoms with van der Waals surface area (Å²) in [4.78, 5) is 14.5. The molecule has 7 heteroatoms. The zero-order chi connectivity index (χ0) is 20.0. The minimum Gasteiger partial charge on any atom is -0.504 e. The van der Waals surface area contributed by atoms with Crippen LogP contribution in [0, 0.1) is 6.92 Å². The van der Waals surface area contributed by atoms with E-state index in [1.807, 2.05) is 18.2 Å². The fourth-order valence-corrected chi connectivity index (χ4v) is 4.62. The van der Waals surface area contributed by atoms with Gasteiger partial charge in [0.1, 0.15) is 6.61 Å².